The number of hydrogen-bond donors (Lipinski definition) is 1. The van der Waals surface area contributed by atoms with Crippen molar-refractivity contribution < 1.29 is 19.5 Å². The van der Waals surface area contributed by atoms with Gasteiger partial charge in [-0.2, -0.15) is 0 Å². The lowest BCUT2D eigenvalue weighted by atomic mass is 10.0. The molecule has 1 heterocycles. The van der Waals surface area contributed by atoms with Gasteiger partial charge >= 0.3 is 5.97 Å². The van der Waals surface area contributed by atoms with E-state index in [1.165, 1.54) is 6.07 Å². The molecule has 1 unspecified atom stereocenters. The lowest BCUT2D eigenvalue weighted by molar-refractivity contribution is -0.138. The van der Waals surface area contributed by atoms with Gasteiger partial charge in [-0.05, 0) is 12.1 Å². The number of benzene rings is 1. The van der Waals surface area contributed by atoms with Crippen LogP contribution in [0.1, 0.15) is 10.4 Å². The van der Waals surface area contributed by atoms with Crippen molar-refractivity contribution in [1.82, 2.24) is 0 Å². The van der Waals surface area contributed by atoms with Crippen LogP contribution in [-0.2, 0) is 9.59 Å². The fourth-order valence-electron chi connectivity index (χ4n) is 1.35. The summed E-state index contributed by atoms with van der Waals surface area (Å²) in [5.41, 5.74) is 0.296. The van der Waals surface area contributed by atoms with Gasteiger partial charge in [-0.3, -0.25) is 14.4 Å². The van der Waals surface area contributed by atoms with Crippen LogP contribution in [0.5, 0.6) is 0 Å². The van der Waals surface area contributed by atoms with Crippen molar-refractivity contribution in [3.63, 3.8) is 0 Å². The third-order valence-corrected chi connectivity index (χ3v) is 3.32. The van der Waals surface area contributed by atoms with Crippen LogP contribution in [0.4, 0.5) is 0 Å². The van der Waals surface area contributed by atoms with Crippen LogP contribution in [0, 0.1) is 0 Å². The van der Waals surface area contributed by atoms with E-state index in [2.05, 4.69) is 0 Å². The third-order valence-electron chi connectivity index (χ3n) is 2.06. The number of carbonyl (C=O) groups excluding carboxylic acids is 2. The standard InChI is InChI=1S/C10H6O4S/c11-7-5-3-1-2-4-6(5)15-9(8(7)12)10(13)14/h1-4,9H,(H,13,14). The van der Waals surface area contributed by atoms with Crippen molar-refractivity contribution in [2.45, 2.75) is 10.1 Å². The van der Waals surface area contributed by atoms with E-state index in [0.717, 1.165) is 11.8 Å². The first-order valence-corrected chi connectivity index (χ1v) is 5.06. The number of aliphatic carboxylic acids is 1. The number of thioether (sulfide) groups is 1. The van der Waals surface area contributed by atoms with Gasteiger partial charge in [0.15, 0.2) is 5.25 Å². The summed E-state index contributed by atoms with van der Waals surface area (Å²) in [5.74, 6) is -2.84. The van der Waals surface area contributed by atoms with Gasteiger partial charge in [0.25, 0.3) is 0 Å². The molecule has 5 heteroatoms. The average molecular weight is 222 g/mol. The van der Waals surface area contributed by atoms with E-state index in [4.69, 9.17) is 5.11 Å². The smallest absolute Gasteiger partial charge is 0.325 e. The Morgan fingerprint density at radius 3 is 2.60 bits per heavy atom. The van der Waals surface area contributed by atoms with Crippen LogP contribution in [0.25, 0.3) is 0 Å². The Morgan fingerprint density at radius 2 is 1.93 bits per heavy atom. The number of ketones is 2. The summed E-state index contributed by atoms with van der Waals surface area (Å²) in [5, 5.41) is 7.46. The number of carboxylic acids is 1. The highest BCUT2D eigenvalue weighted by Crippen LogP contribution is 2.33. The predicted octanol–water partition coefficient (Wildman–Crippen LogP) is 0.997. The second-order valence-electron chi connectivity index (χ2n) is 3.03. The van der Waals surface area contributed by atoms with E-state index in [0.29, 0.717) is 10.5 Å². The van der Waals surface area contributed by atoms with Crippen LogP contribution in [0.2, 0.25) is 0 Å². The first-order chi connectivity index (χ1) is 7.11. The quantitative estimate of drug-likeness (QED) is 0.567. The van der Waals surface area contributed by atoms with Crippen molar-refractivity contribution in [1.29, 1.82) is 0 Å². The topological polar surface area (TPSA) is 71.4 Å². The maximum atomic E-state index is 11.5. The fourth-order valence-corrected chi connectivity index (χ4v) is 2.37. The molecule has 0 saturated carbocycles. The molecule has 15 heavy (non-hydrogen) atoms. The first-order valence-electron chi connectivity index (χ1n) is 4.18. The Hall–Kier alpha value is -1.62. The molecule has 4 nitrogen and oxygen atoms in total. The number of Topliss-reactive ketones (excluding diaryl/α,β-unsaturated/α-hetero) is 2. The minimum atomic E-state index is -1.30. The van der Waals surface area contributed by atoms with E-state index in [1.807, 2.05) is 0 Å². The number of carboxylic acid groups (broad SMARTS) is 1. The van der Waals surface area contributed by atoms with Gasteiger partial charge in [0.05, 0.1) is 0 Å². The van der Waals surface area contributed by atoms with E-state index in [1.54, 1.807) is 18.2 Å². The molecule has 1 aromatic rings. The molecule has 76 valence electrons. The molecular weight excluding hydrogens is 216 g/mol. The molecule has 0 spiro atoms. The molecule has 1 N–H and O–H groups in total. The molecule has 0 saturated heterocycles. The summed E-state index contributed by atoms with van der Waals surface area (Å²) in [4.78, 5) is 34.2. The van der Waals surface area contributed by atoms with E-state index in [9.17, 15) is 14.4 Å². The number of rotatable bonds is 1. The summed E-state index contributed by atoms with van der Waals surface area (Å²) in [6.07, 6.45) is 0. The van der Waals surface area contributed by atoms with Crippen LogP contribution in [0.3, 0.4) is 0 Å². The SMILES string of the molecule is O=C1C(=O)C(C(=O)O)Sc2ccccc21. The highest BCUT2D eigenvalue weighted by molar-refractivity contribution is 8.01. The van der Waals surface area contributed by atoms with Gasteiger partial charge in [0.1, 0.15) is 0 Å². The van der Waals surface area contributed by atoms with Gasteiger partial charge in [-0.25, -0.2) is 0 Å². The van der Waals surface area contributed by atoms with Gasteiger partial charge in [0.2, 0.25) is 11.6 Å². The zero-order chi connectivity index (χ0) is 11.0. The molecule has 1 aromatic carbocycles. The van der Waals surface area contributed by atoms with Gasteiger partial charge in [0, 0.05) is 10.5 Å². The van der Waals surface area contributed by atoms with Gasteiger partial charge in [-0.15, -0.1) is 11.8 Å². The fraction of sp³-hybridized carbons (Fsp3) is 0.100. The number of hydrogen-bond acceptors (Lipinski definition) is 4. The van der Waals surface area contributed by atoms with Crippen molar-refractivity contribution in [2.24, 2.45) is 0 Å². The van der Waals surface area contributed by atoms with Crippen LogP contribution >= 0.6 is 11.8 Å². The molecule has 0 bridgehead atoms. The van der Waals surface area contributed by atoms with Crippen molar-refractivity contribution in [3.05, 3.63) is 29.8 Å². The van der Waals surface area contributed by atoms with Crippen molar-refractivity contribution in [2.75, 3.05) is 0 Å². The molecule has 1 aliphatic heterocycles. The number of fused-ring (bicyclic) bond motifs is 1. The second-order valence-corrected chi connectivity index (χ2v) is 4.17. The molecule has 1 atom stereocenters. The molecule has 0 aliphatic carbocycles. The summed E-state index contributed by atoms with van der Waals surface area (Å²) >= 11 is 0.907. The molecule has 0 radical (unpaired) electrons. The highest BCUT2D eigenvalue weighted by atomic mass is 32.2. The molecular formula is C10H6O4S. The van der Waals surface area contributed by atoms with E-state index >= 15 is 0 Å². The zero-order valence-electron chi connectivity index (χ0n) is 7.47. The Balaban J connectivity index is 2.50. The molecule has 1 aliphatic rings. The summed E-state index contributed by atoms with van der Waals surface area (Å²) in [6.45, 7) is 0. The monoisotopic (exact) mass is 222 g/mol. The highest BCUT2D eigenvalue weighted by Gasteiger charge is 2.38. The summed E-state index contributed by atoms with van der Waals surface area (Å²) < 4.78 is 0. The molecule has 0 fully saturated rings. The summed E-state index contributed by atoms with van der Waals surface area (Å²) in [6, 6.07) is 6.51. The van der Waals surface area contributed by atoms with Crippen LogP contribution in [0.15, 0.2) is 29.2 Å². The molecule has 2 rings (SSSR count). The van der Waals surface area contributed by atoms with E-state index < -0.39 is 22.8 Å². The number of carbonyl (C=O) groups is 3. The third kappa shape index (κ3) is 1.55. The Kier molecular flexibility index (Phi) is 2.32. The Labute approximate surface area is 89.3 Å². The van der Waals surface area contributed by atoms with Crippen molar-refractivity contribution >= 4 is 29.3 Å². The first kappa shape index (κ1) is 9.92. The van der Waals surface area contributed by atoms with Crippen LogP contribution < -0.4 is 0 Å². The lowest BCUT2D eigenvalue weighted by Crippen LogP contribution is -2.36. The normalized spacial score (nSPS) is 19.9. The zero-order valence-corrected chi connectivity index (χ0v) is 8.28. The maximum Gasteiger partial charge on any atom is 0.325 e. The van der Waals surface area contributed by atoms with E-state index in [-0.39, 0.29) is 0 Å². The Morgan fingerprint density at radius 1 is 1.27 bits per heavy atom. The predicted molar refractivity (Wildman–Crippen MR) is 53.1 cm³/mol. The minimum Gasteiger partial charge on any atom is -0.480 e. The largest absolute Gasteiger partial charge is 0.480 e. The minimum absolute atomic E-state index is 0.296. The summed E-state index contributed by atoms with van der Waals surface area (Å²) in [7, 11) is 0. The Bertz CT molecular complexity index is 466. The van der Waals surface area contributed by atoms with Crippen molar-refractivity contribution in [3.8, 4) is 0 Å². The maximum absolute atomic E-state index is 11.5. The molecule has 0 amide bonds. The lowest BCUT2D eigenvalue weighted by Gasteiger charge is -2.18. The van der Waals surface area contributed by atoms with Gasteiger partial charge < -0.3 is 5.11 Å². The molecule has 0 aromatic heterocycles. The van der Waals surface area contributed by atoms with Crippen LogP contribution in [-0.4, -0.2) is 27.9 Å². The second kappa shape index (κ2) is 3.51. The average Bonchev–Trinajstić information content (AvgIpc) is 2.23. The van der Waals surface area contributed by atoms with Gasteiger partial charge in [-0.1, -0.05) is 12.1 Å².